The number of rotatable bonds is 12. The number of nitrogens with one attached hydrogen (secondary N) is 2. The molecule has 12 nitrogen and oxygen atoms in total. The van der Waals surface area contributed by atoms with E-state index in [-0.39, 0.29) is 11.9 Å². The summed E-state index contributed by atoms with van der Waals surface area (Å²) in [5.41, 5.74) is 9.85. The predicted molar refractivity (Wildman–Crippen MR) is 155 cm³/mol. The normalized spacial score (nSPS) is 14.8. The summed E-state index contributed by atoms with van der Waals surface area (Å²) in [6, 6.07) is 2.42. The standard InChI is InChI=1S/C27H43N11O/c1-6-7-20(3)32-27-33-24(28)26-31-17-22(38(26)34-27)15-21-14-19(2)25(30-16-21)37-12-10-36(11-13-37)23(39)18-35(5)9-8-29-4/h14,16-17,20,29H,6-13,15,18H2,1-5H3,(H3,28,32,33,34). The number of fused-ring (bicyclic) bond motifs is 1. The van der Waals surface area contributed by atoms with Crippen LogP contribution < -0.4 is 21.3 Å². The van der Waals surface area contributed by atoms with Crippen LogP contribution >= 0.6 is 0 Å². The van der Waals surface area contributed by atoms with Gasteiger partial charge in [0.2, 0.25) is 11.9 Å². The van der Waals surface area contributed by atoms with E-state index in [1.165, 1.54) is 0 Å². The van der Waals surface area contributed by atoms with Crippen molar-refractivity contribution in [3.05, 3.63) is 35.3 Å². The molecule has 212 valence electrons. The zero-order chi connectivity index (χ0) is 27.9. The van der Waals surface area contributed by atoms with Gasteiger partial charge in [-0.25, -0.2) is 14.5 Å². The average molecular weight is 538 g/mol. The molecular formula is C27H43N11O. The quantitative estimate of drug-likeness (QED) is 0.311. The average Bonchev–Trinajstić information content (AvgIpc) is 3.30. The molecule has 1 aliphatic heterocycles. The van der Waals surface area contributed by atoms with Crippen molar-refractivity contribution < 1.29 is 4.79 Å². The number of nitrogen functional groups attached to an aromatic ring is 1. The second-order valence-corrected chi connectivity index (χ2v) is 10.5. The molecule has 1 unspecified atom stereocenters. The number of amides is 1. The number of anilines is 3. The van der Waals surface area contributed by atoms with E-state index < -0.39 is 0 Å². The Kier molecular flexibility index (Phi) is 9.52. The lowest BCUT2D eigenvalue weighted by Gasteiger charge is -2.36. The van der Waals surface area contributed by atoms with Crippen molar-refractivity contribution >= 4 is 29.1 Å². The number of aromatic nitrogens is 5. The van der Waals surface area contributed by atoms with E-state index in [1.807, 2.05) is 25.2 Å². The van der Waals surface area contributed by atoms with Crippen molar-refractivity contribution in [2.75, 3.05) is 75.9 Å². The van der Waals surface area contributed by atoms with Crippen molar-refractivity contribution in [1.29, 1.82) is 0 Å². The first-order valence-corrected chi connectivity index (χ1v) is 13.9. The van der Waals surface area contributed by atoms with E-state index in [0.717, 1.165) is 61.7 Å². The topological polar surface area (TPSA) is 133 Å². The van der Waals surface area contributed by atoms with Crippen LogP contribution in [0.4, 0.5) is 17.6 Å². The SMILES string of the molecule is CCCC(C)Nc1nc(N)c2ncc(Cc3cnc(N4CCN(C(=O)CN(C)CCNC)CC4)c(C)c3)n2n1. The van der Waals surface area contributed by atoms with Crippen molar-refractivity contribution in [1.82, 2.24) is 39.7 Å². The van der Waals surface area contributed by atoms with Crippen LogP contribution in [0.1, 0.15) is 43.5 Å². The Hall–Kier alpha value is -3.51. The Balaban J connectivity index is 1.39. The van der Waals surface area contributed by atoms with Gasteiger partial charge in [-0.3, -0.25) is 9.69 Å². The molecule has 12 heteroatoms. The highest BCUT2D eigenvalue weighted by Crippen LogP contribution is 2.22. The number of hydrogen-bond acceptors (Lipinski definition) is 10. The third-order valence-corrected chi connectivity index (χ3v) is 7.13. The molecule has 39 heavy (non-hydrogen) atoms. The van der Waals surface area contributed by atoms with Crippen LogP contribution in [0.25, 0.3) is 5.65 Å². The van der Waals surface area contributed by atoms with Gasteiger partial charge < -0.3 is 26.2 Å². The van der Waals surface area contributed by atoms with E-state index in [4.69, 9.17) is 10.7 Å². The molecule has 1 atom stereocenters. The van der Waals surface area contributed by atoms with Crippen molar-refractivity contribution in [3.63, 3.8) is 0 Å². The zero-order valence-electron chi connectivity index (χ0n) is 23.9. The molecule has 1 saturated heterocycles. The van der Waals surface area contributed by atoms with Gasteiger partial charge in [-0.15, -0.1) is 5.10 Å². The first kappa shape index (κ1) is 28.5. The van der Waals surface area contributed by atoms with Gasteiger partial charge in [-0.1, -0.05) is 19.4 Å². The number of pyridine rings is 1. The number of carbonyl (C=O) groups excluding carboxylic acids is 1. The predicted octanol–water partition coefficient (Wildman–Crippen LogP) is 1.40. The zero-order valence-corrected chi connectivity index (χ0v) is 23.9. The number of nitrogens with two attached hydrogens (primary N) is 1. The summed E-state index contributed by atoms with van der Waals surface area (Å²) in [6.45, 7) is 11.5. The first-order chi connectivity index (χ1) is 18.8. The molecule has 3 aromatic rings. The summed E-state index contributed by atoms with van der Waals surface area (Å²) in [7, 11) is 3.91. The van der Waals surface area contributed by atoms with E-state index in [1.54, 1.807) is 10.7 Å². The number of piperazine rings is 1. The number of hydrogen-bond donors (Lipinski definition) is 3. The van der Waals surface area contributed by atoms with Crippen molar-refractivity contribution in [2.24, 2.45) is 0 Å². The molecule has 0 saturated carbocycles. The molecule has 1 fully saturated rings. The smallest absolute Gasteiger partial charge is 0.243 e. The van der Waals surface area contributed by atoms with E-state index in [0.29, 0.717) is 43.5 Å². The molecule has 0 bridgehead atoms. The Labute approximate surface area is 231 Å². The second kappa shape index (κ2) is 13.0. The molecule has 4 heterocycles. The Morgan fingerprint density at radius 1 is 1.21 bits per heavy atom. The Morgan fingerprint density at radius 3 is 2.67 bits per heavy atom. The fourth-order valence-corrected chi connectivity index (χ4v) is 5.00. The molecule has 3 aromatic heterocycles. The van der Waals surface area contributed by atoms with Gasteiger partial charge in [-0.05, 0) is 45.5 Å². The van der Waals surface area contributed by atoms with Gasteiger partial charge in [0.05, 0.1) is 18.4 Å². The van der Waals surface area contributed by atoms with Gasteiger partial charge in [0, 0.05) is 57.9 Å². The first-order valence-electron chi connectivity index (χ1n) is 13.9. The highest BCUT2D eigenvalue weighted by atomic mass is 16.2. The Morgan fingerprint density at radius 2 is 1.97 bits per heavy atom. The van der Waals surface area contributed by atoms with Gasteiger partial charge in [0.25, 0.3) is 0 Å². The number of imidazole rings is 1. The molecule has 1 aliphatic rings. The lowest BCUT2D eigenvalue weighted by Crippen LogP contribution is -2.51. The second-order valence-electron chi connectivity index (χ2n) is 10.5. The van der Waals surface area contributed by atoms with Crippen LogP contribution in [-0.4, -0.2) is 106 Å². The van der Waals surface area contributed by atoms with E-state index in [2.05, 4.69) is 62.3 Å². The fourth-order valence-electron chi connectivity index (χ4n) is 5.00. The summed E-state index contributed by atoms with van der Waals surface area (Å²) >= 11 is 0. The molecule has 4 N–H and O–H groups in total. The molecule has 0 radical (unpaired) electrons. The maximum absolute atomic E-state index is 12.7. The van der Waals surface area contributed by atoms with Crippen LogP contribution in [0.3, 0.4) is 0 Å². The van der Waals surface area contributed by atoms with Crippen molar-refractivity contribution in [3.8, 4) is 0 Å². The van der Waals surface area contributed by atoms with Crippen LogP contribution in [0.15, 0.2) is 18.5 Å². The molecule has 0 aromatic carbocycles. The number of nitrogens with zero attached hydrogens (tertiary/aromatic N) is 8. The minimum absolute atomic E-state index is 0.184. The number of aryl methyl sites for hydroxylation is 1. The lowest BCUT2D eigenvalue weighted by molar-refractivity contribution is -0.132. The summed E-state index contributed by atoms with van der Waals surface area (Å²) < 4.78 is 1.78. The monoisotopic (exact) mass is 537 g/mol. The molecule has 1 amide bonds. The highest BCUT2D eigenvalue weighted by molar-refractivity contribution is 5.78. The number of likely N-dealkylation sites (N-methyl/N-ethyl adjacent to an activating group) is 2. The van der Waals surface area contributed by atoms with Gasteiger partial charge >= 0.3 is 0 Å². The van der Waals surface area contributed by atoms with Crippen LogP contribution in [0.5, 0.6) is 0 Å². The Bertz CT molecular complexity index is 1250. The third-order valence-electron chi connectivity index (χ3n) is 7.13. The molecule has 0 aliphatic carbocycles. The minimum Gasteiger partial charge on any atom is -0.380 e. The van der Waals surface area contributed by atoms with E-state index >= 15 is 0 Å². The third kappa shape index (κ3) is 7.12. The van der Waals surface area contributed by atoms with Crippen LogP contribution in [0.2, 0.25) is 0 Å². The maximum Gasteiger partial charge on any atom is 0.243 e. The van der Waals surface area contributed by atoms with Crippen LogP contribution in [0, 0.1) is 6.92 Å². The van der Waals surface area contributed by atoms with Gasteiger partial charge in [0.1, 0.15) is 5.82 Å². The fraction of sp³-hybridized carbons (Fsp3) is 0.593. The summed E-state index contributed by atoms with van der Waals surface area (Å²) in [6.07, 6.45) is 6.44. The van der Waals surface area contributed by atoms with Gasteiger partial charge in [-0.2, -0.15) is 4.98 Å². The summed E-state index contributed by atoms with van der Waals surface area (Å²) in [5, 5.41) is 11.1. The summed E-state index contributed by atoms with van der Waals surface area (Å²) in [4.78, 5) is 32.6. The number of carbonyl (C=O) groups is 1. The molecule has 4 rings (SSSR count). The van der Waals surface area contributed by atoms with Crippen LogP contribution in [-0.2, 0) is 11.2 Å². The van der Waals surface area contributed by atoms with Gasteiger partial charge in [0.15, 0.2) is 11.5 Å². The minimum atomic E-state index is 0.184. The lowest BCUT2D eigenvalue weighted by atomic mass is 10.1. The summed E-state index contributed by atoms with van der Waals surface area (Å²) in [5.74, 6) is 2.02. The maximum atomic E-state index is 12.7. The molecular weight excluding hydrogens is 494 g/mol. The van der Waals surface area contributed by atoms with Crippen molar-refractivity contribution in [2.45, 2.75) is 46.1 Å². The molecule has 0 spiro atoms. The highest BCUT2D eigenvalue weighted by Gasteiger charge is 2.23. The largest absolute Gasteiger partial charge is 0.380 e. The van der Waals surface area contributed by atoms with E-state index in [9.17, 15) is 4.79 Å².